The fourth-order valence-corrected chi connectivity index (χ4v) is 2.44. The molecule has 0 radical (unpaired) electrons. The lowest BCUT2D eigenvalue weighted by Crippen LogP contribution is -2.30. The van der Waals surface area contributed by atoms with E-state index in [0.29, 0.717) is 17.9 Å². The summed E-state index contributed by atoms with van der Waals surface area (Å²) in [6, 6.07) is 0. The van der Waals surface area contributed by atoms with E-state index >= 15 is 0 Å². The van der Waals surface area contributed by atoms with E-state index in [1.807, 2.05) is 13.8 Å². The van der Waals surface area contributed by atoms with Crippen molar-refractivity contribution in [3.8, 4) is 0 Å². The van der Waals surface area contributed by atoms with Gasteiger partial charge in [0, 0.05) is 13.2 Å². The Morgan fingerprint density at radius 1 is 1.55 bits per heavy atom. The van der Waals surface area contributed by atoms with Crippen LogP contribution in [-0.2, 0) is 4.74 Å². The first-order chi connectivity index (χ1) is 9.59. The monoisotopic (exact) mass is 280 g/mol. The number of nitrogens with one attached hydrogen (secondary N) is 2. The number of aromatic nitrogens is 2. The number of ether oxygens (including phenoxy) is 1. The van der Waals surface area contributed by atoms with Gasteiger partial charge in [0.1, 0.15) is 0 Å². The zero-order valence-corrected chi connectivity index (χ0v) is 12.2. The van der Waals surface area contributed by atoms with Gasteiger partial charge in [-0.15, -0.1) is 0 Å². The van der Waals surface area contributed by atoms with E-state index in [-0.39, 0.29) is 17.9 Å². The van der Waals surface area contributed by atoms with Gasteiger partial charge in [0.15, 0.2) is 5.69 Å². The Balaban J connectivity index is 1.82. The molecule has 2 rings (SSSR count). The number of carbonyl (C=O) groups excluding carboxylic acids is 1. The molecule has 1 amide bonds. The third-order valence-corrected chi connectivity index (χ3v) is 3.65. The van der Waals surface area contributed by atoms with E-state index in [0.717, 1.165) is 31.6 Å². The average molecular weight is 280 g/mol. The van der Waals surface area contributed by atoms with Crippen LogP contribution in [0.5, 0.6) is 0 Å². The van der Waals surface area contributed by atoms with Gasteiger partial charge in [0.25, 0.3) is 5.91 Å². The molecule has 1 saturated heterocycles. The first kappa shape index (κ1) is 14.8. The van der Waals surface area contributed by atoms with Crippen LogP contribution in [0.3, 0.4) is 0 Å². The summed E-state index contributed by atoms with van der Waals surface area (Å²) >= 11 is 0. The molecule has 112 valence electrons. The Hall–Kier alpha value is -1.56. The van der Waals surface area contributed by atoms with Crippen molar-refractivity contribution in [2.45, 2.75) is 51.6 Å². The molecule has 4 N–H and O–H groups in total. The molecule has 1 aliphatic heterocycles. The van der Waals surface area contributed by atoms with Gasteiger partial charge >= 0.3 is 0 Å². The minimum absolute atomic E-state index is 0.221. The van der Waals surface area contributed by atoms with Crippen LogP contribution in [0.1, 0.15) is 61.6 Å². The van der Waals surface area contributed by atoms with E-state index in [4.69, 9.17) is 10.5 Å². The molecular formula is C14H24N4O2. The molecule has 1 unspecified atom stereocenters. The number of aromatic amines is 1. The number of nitrogens with two attached hydrogens (primary N) is 1. The minimum Gasteiger partial charge on any atom is -0.395 e. The summed E-state index contributed by atoms with van der Waals surface area (Å²) in [4.78, 5) is 12.0. The van der Waals surface area contributed by atoms with Gasteiger partial charge in [-0.3, -0.25) is 9.89 Å². The van der Waals surface area contributed by atoms with Gasteiger partial charge in [-0.25, -0.2) is 0 Å². The molecule has 1 aromatic heterocycles. The fraction of sp³-hybridized carbons (Fsp3) is 0.714. The first-order valence-electron chi connectivity index (χ1n) is 7.33. The Morgan fingerprint density at radius 2 is 2.35 bits per heavy atom. The zero-order valence-electron chi connectivity index (χ0n) is 12.2. The minimum atomic E-state index is -0.221. The summed E-state index contributed by atoms with van der Waals surface area (Å²) in [5.41, 5.74) is 7.49. The predicted molar refractivity (Wildman–Crippen MR) is 77.6 cm³/mol. The summed E-state index contributed by atoms with van der Waals surface area (Å²) in [5, 5.41) is 9.70. The summed E-state index contributed by atoms with van der Waals surface area (Å²) in [7, 11) is 0. The van der Waals surface area contributed by atoms with Crippen molar-refractivity contribution in [2.24, 2.45) is 0 Å². The quantitative estimate of drug-likeness (QED) is 0.766. The van der Waals surface area contributed by atoms with Crippen molar-refractivity contribution < 1.29 is 9.53 Å². The van der Waals surface area contributed by atoms with E-state index in [1.165, 1.54) is 6.42 Å². The van der Waals surface area contributed by atoms with Crippen LogP contribution in [0.4, 0.5) is 5.69 Å². The molecule has 1 aliphatic rings. The van der Waals surface area contributed by atoms with Gasteiger partial charge in [0.2, 0.25) is 0 Å². The number of H-pyrrole nitrogens is 1. The maximum absolute atomic E-state index is 12.0. The molecule has 0 bridgehead atoms. The van der Waals surface area contributed by atoms with E-state index in [2.05, 4.69) is 15.5 Å². The maximum atomic E-state index is 12.0. The SMILES string of the molecule is CC(C)c1[nH]nc(C(=O)NCCC2CCCCO2)c1N. The molecule has 2 heterocycles. The number of carbonyl (C=O) groups is 1. The molecule has 0 aliphatic carbocycles. The highest BCUT2D eigenvalue weighted by Crippen LogP contribution is 2.22. The molecule has 0 spiro atoms. The Morgan fingerprint density at radius 3 is 2.95 bits per heavy atom. The summed E-state index contributed by atoms with van der Waals surface area (Å²) in [6.07, 6.45) is 4.55. The highest BCUT2D eigenvalue weighted by Gasteiger charge is 2.19. The van der Waals surface area contributed by atoms with Crippen LogP contribution in [0.2, 0.25) is 0 Å². The molecule has 1 atom stereocenters. The molecular weight excluding hydrogens is 256 g/mol. The molecule has 1 fully saturated rings. The molecule has 6 heteroatoms. The molecule has 0 saturated carbocycles. The molecule has 6 nitrogen and oxygen atoms in total. The zero-order chi connectivity index (χ0) is 14.5. The van der Waals surface area contributed by atoms with Crippen LogP contribution in [0.15, 0.2) is 0 Å². The van der Waals surface area contributed by atoms with Crippen LogP contribution < -0.4 is 11.1 Å². The van der Waals surface area contributed by atoms with Gasteiger partial charge in [0.05, 0.1) is 17.5 Å². The van der Waals surface area contributed by atoms with Crippen molar-refractivity contribution in [3.05, 3.63) is 11.4 Å². The second-order valence-electron chi connectivity index (χ2n) is 5.59. The summed E-state index contributed by atoms with van der Waals surface area (Å²) in [6.45, 7) is 5.44. The van der Waals surface area contributed by atoms with Crippen molar-refractivity contribution >= 4 is 11.6 Å². The highest BCUT2D eigenvalue weighted by molar-refractivity contribution is 5.97. The fourth-order valence-electron chi connectivity index (χ4n) is 2.44. The van der Waals surface area contributed by atoms with Gasteiger partial charge in [-0.1, -0.05) is 13.8 Å². The number of nitrogen functional groups attached to an aromatic ring is 1. The topological polar surface area (TPSA) is 93.0 Å². The van der Waals surface area contributed by atoms with Crippen molar-refractivity contribution in [1.82, 2.24) is 15.5 Å². The summed E-state index contributed by atoms with van der Waals surface area (Å²) < 4.78 is 5.63. The highest BCUT2D eigenvalue weighted by atomic mass is 16.5. The second kappa shape index (κ2) is 6.74. The van der Waals surface area contributed by atoms with Crippen molar-refractivity contribution in [3.63, 3.8) is 0 Å². The number of anilines is 1. The lowest BCUT2D eigenvalue weighted by Gasteiger charge is -2.22. The van der Waals surface area contributed by atoms with Crippen LogP contribution in [-0.4, -0.2) is 35.4 Å². The van der Waals surface area contributed by atoms with Crippen LogP contribution >= 0.6 is 0 Å². The Labute approximate surface area is 119 Å². The van der Waals surface area contributed by atoms with Gasteiger partial charge in [-0.2, -0.15) is 5.10 Å². The Kier molecular flexibility index (Phi) is 5.00. The first-order valence-corrected chi connectivity index (χ1v) is 7.33. The standard InChI is InChI=1S/C14H24N4O2/c1-9(2)12-11(15)13(18-17-12)14(19)16-7-6-10-5-3-4-8-20-10/h9-10H,3-8,15H2,1-2H3,(H,16,19)(H,17,18). The largest absolute Gasteiger partial charge is 0.395 e. The number of amides is 1. The number of hydrogen-bond donors (Lipinski definition) is 3. The van der Waals surface area contributed by atoms with Crippen molar-refractivity contribution in [2.75, 3.05) is 18.9 Å². The third-order valence-electron chi connectivity index (χ3n) is 3.65. The van der Waals surface area contributed by atoms with E-state index in [9.17, 15) is 4.79 Å². The van der Waals surface area contributed by atoms with Gasteiger partial charge < -0.3 is 15.8 Å². The lowest BCUT2D eigenvalue weighted by atomic mass is 10.1. The van der Waals surface area contributed by atoms with Crippen LogP contribution in [0.25, 0.3) is 0 Å². The normalized spacial score (nSPS) is 19.2. The summed E-state index contributed by atoms with van der Waals surface area (Å²) in [5.74, 6) is 0.00106. The molecule has 20 heavy (non-hydrogen) atoms. The van der Waals surface area contributed by atoms with E-state index < -0.39 is 0 Å². The third kappa shape index (κ3) is 3.50. The average Bonchev–Trinajstić information content (AvgIpc) is 2.82. The smallest absolute Gasteiger partial charge is 0.273 e. The van der Waals surface area contributed by atoms with E-state index in [1.54, 1.807) is 0 Å². The number of rotatable bonds is 5. The van der Waals surface area contributed by atoms with Gasteiger partial charge in [-0.05, 0) is 31.6 Å². The molecule has 1 aromatic rings. The Bertz CT molecular complexity index is 450. The second-order valence-corrected chi connectivity index (χ2v) is 5.59. The lowest BCUT2D eigenvalue weighted by molar-refractivity contribution is 0.0117. The molecule has 0 aromatic carbocycles. The van der Waals surface area contributed by atoms with Crippen LogP contribution in [0, 0.1) is 0 Å². The number of hydrogen-bond acceptors (Lipinski definition) is 4. The number of nitrogens with zero attached hydrogens (tertiary/aromatic N) is 1. The van der Waals surface area contributed by atoms with Crippen molar-refractivity contribution in [1.29, 1.82) is 0 Å². The maximum Gasteiger partial charge on any atom is 0.273 e. The predicted octanol–water partition coefficient (Wildman–Crippen LogP) is 1.80.